The van der Waals surface area contributed by atoms with Gasteiger partial charge in [-0.05, 0) is 31.5 Å². The molecule has 0 fully saturated rings. The third kappa shape index (κ3) is 3.07. The molecule has 0 atom stereocenters. The number of thiazole rings is 1. The lowest BCUT2D eigenvalue weighted by molar-refractivity contribution is -0.136. The Morgan fingerprint density at radius 2 is 2.00 bits per heavy atom. The first kappa shape index (κ1) is 12.6. The van der Waals surface area contributed by atoms with E-state index < -0.39 is 5.97 Å². The second-order valence-electron chi connectivity index (χ2n) is 3.94. The standard InChI is InChI=1S/C13H13NO3S/c1-8-9(2)18-13(14-8)17-11-5-3-10(4-6-11)7-12(15)16/h3-6H,7H2,1-2H3,(H,15,16). The van der Waals surface area contributed by atoms with Gasteiger partial charge in [0.2, 0.25) is 0 Å². The van der Waals surface area contributed by atoms with Crippen LogP contribution >= 0.6 is 11.3 Å². The van der Waals surface area contributed by atoms with Crippen LogP contribution in [0.2, 0.25) is 0 Å². The maximum absolute atomic E-state index is 10.5. The van der Waals surface area contributed by atoms with E-state index in [-0.39, 0.29) is 6.42 Å². The van der Waals surface area contributed by atoms with Gasteiger partial charge in [-0.2, -0.15) is 0 Å². The molecule has 94 valence electrons. The van der Waals surface area contributed by atoms with Crippen LogP contribution in [0.25, 0.3) is 0 Å². The first-order valence-electron chi connectivity index (χ1n) is 5.47. The Bertz CT molecular complexity index is 541. The summed E-state index contributed by atoms with van der Waals surface area (Å²) in [4.78, 5) is 16.0. The van der Waals surface area contributed by atoms with Crippen molar-refractivity contribution >= 4 is 17.3 Å². The topological polar surface area (TPSA) is 59.4 Å². The molecule has 2 aromatic rings. The van der Waals surface area contributed by atoms with E-state index in [0.717, 1.165) is 16.1 Å². The van der Waals surface area contributed by atoms with Crippen molar-refractivity contribution in [1.82, 2.24) is 4.98 Å². The number of rotatable bonds is 4. The van der Waals surface area contributed by atoms with Gasteiger partial charge in [-0.15, -0.1) is 0 Å². The van der Waals surface area contributed by atoms with Gasteiger partial charge >= 0.3 is 5.97 Å². The molecule has 1 aromatic carbocycles. The fourth-order valence-corrected chi connectivity index (χ4v) is 2.21. The first-order valence-corrected chi connectivity index (χ1v) is 6.29. The van der Waals surface area contributed by atoms with Crippen molar-refractivity contribution in [3.05, 3.63) is 40.4 Å². The lowest BCUT2D eigenvalue weighted by Crippen LogP contribution is -1.99. The Morgan fingerprint density at radius 1 is 1.33 bits per heavy atom. The molecule has 1 heterocycles. The number of carboxylic acid groups (broad SMARTS) is 1. The maximum atomic E-state index is 10.5. The van der Waals surface area contributed by atoms with Crippen LogP contribution in [-0.2, 0) is 11.2 Å². The van der Waals surface area contributed by atoms with Gasteiger partial charge in [0.05, 0.1) is 12.1 Å². The van der Waals surface area contributed by atoms with E-state index in [1.807, 2.05) is 13.8 Å². The summed E-state index contributed by atoms with van der Waals surface area (Å²) in [5, 5.41) is 9.27. The smallest absolute Gasteiger partial charge is 0.307 e. The van der Waals surface area contributed by atoms with Crippen LogP contribution in [0.1, 0.15) is 16.1 Å². The molecule has 4 nitrogen and oxygen atoms in total. The average Bonchev–Trinajstić information content (AvgIpc) is 2.60. The normalized spacial score (nSPS) is 10.3. The summed E-state index contributed by atoms with van der Waals surface area (Å²) in [5.74, 6) is -0.173. The number of hydrogen-bond donors (Lipinski definition) is 1. The quantitative estimate of drug-likeness (QED) is 0.920. The zero-order valence-electron chi connectivity index (χ0n) is 10.1. The lowest BCUT2D eigenvalue weighted by atomic mass is 10.1. The highest BCUT2D eigenvalue weighted by Gasteiger charge is 2.06. The summed E-state index contributed by atoms with van der Waals surface area (Å²) in [6, 6.07) is 7.00. The van der Waals surface area contributed by atoms with Crippen LogP contribution in [0, 0.1) is 13.8 Å². The maximum Gasteiger partial charge on any atom is 0.307 e. The molecule has 0 unspecified atom stereocenters. The Morgan fingerprint density at radius 3 is 2.50 bits per heavy atom. The number of aromatic nitrogens is 1. The predicted octanol–water partition coefficient (Wildman–Crippen LogP) is 3.18. The zero-order valence-corrected chi connectivity index (χ0v) is 11.0. The predicted molar refractivity (Wildman–Crippen MR) is 69.4 cm³/mol. The molecule has 0 aliphatic heterocycles. The van der Waals surface area contributed by atoms with E-state index in [1.54, 1.807) is 24.3 Å². The molecule has 18 heavy (non-hydrogen) atoms. The van der Waals surface area contributed by atoms with Crippen LogP contribution in [0.5, 0.6) is 10.9 Å². The Labute approximate surface area is 109 Å². The zero-order chi connectivity index (χ0) is 13.1. The van der Waals surface area contributed by atoms with Crippen molar-refractivity contribution in [1.29, 1.82) is 0 Å². The summed E-state index contributed by atoms with van der Waals surface area (Å²) in [5.41, 5.74) is 1.72. The molecule has 0 aliphatic carbocycles. The van der Waals surface area contributed by atoms with Gasteiger partial charge in [0.15, 0.2) is 0 Å². The number of aryl methyl sites for hydroxylation is 2. The van der Waals surface area contributed by atoms with Crippen molar-refractivity contribution in [2.45, 2.75) is 20.3 Å². The summed E-state index contributed by atoms with van der Waals surface area (Å²) >= 11 is 1.50. The summed E-state index contributed by atoms with van der Waals surface area (Å²) in [6.07, 6.45) is 0.0236. The molecule has 0 bridgehead atoms. The van der Waals surface area contributed by atoms with E-state index >= 15 is 0 Å². The average molecular weight is 263 g/mol. The molecule has 0 radical (unpaired) electrons. The SMILES string of the molecule is Cc1nc(Oc2ccc(CC(=O)O)cc2)sc1C. The summed E-state index contributed by atoms with van der Waals surface area (Å²) in [6.45, 7) is 3.93. The van der Waals surface area contributed by atoms with Crippen LogP contribution < -0.4 is 4.74 Å². The second kappa shape index (κ2) is 5.18. The van der Waals surface area contributed by atoms with E-state index in [0.29, 0.717) is 10.9 Å². The third-order valence-electron chi connectivity index (χ3n) is 2.49. The number of nitrogens with zero attached hydrogens (tertiary/aromatic N) is 1. The highest BCUT2D eigenvalue weighted by molar-refractivity contribution is 7.13. The van der Waals surface area contributed by atoms with Gasteiger partial charge in [-0.25, -0.2) is 4.98 Å². The Kier molecular flexibility index (Phi) is 3.62. The largest absolute Gasteiger partial charge is 0.481 e. The Hall–Kier alpha value is -1.88. The number of ether oxygens (including phenoxy) is 1. The van der Waals surface area contributed by atoms with Crippen LogP contribution in [0.3, 0.4) is 0 Å². The molecule has 1 aromatic heterocycles. The van der Waals surface area contributed by atoms with Crippen LogP contribution in [-0.4, -0.2) is 16.1 Å². The second-order valence-corrected chi connectivity index (χ2v) is 5.10. The van der Waals surface area contributed by atoms with Gasteiger partial charge < -0.3 is 9.84 Å². The highest BCUT2D eigenvalue weighted by Crippen LogP contribution is 2.28. The first-order chi connectivity index (χ1) is 8.54. The molecule has 2 rings (SSSR count). The molecule has 0 aliphatic rings. The number of aliphatic carboxylic acids is 1. The van der Waals surface area contributed by atoms with E-state index in [9.17, 15) is 4.79 Å². The van der Waals surface area contributed by atoms with Crippen molar-refractivity contribution in [3.8, 4) is 10.9 Å². The van der Waals surface area contributed by atoms with Crippen molar-refractivity contribution < 1.29 is 14.6 Å². The minimum absolute atomic E-state index is 0.0236. The minimum Gasteiger partial charge on any atom is -0.481 e. The fraction of sp³-hybridized carbons (Fsp3) is 0.231. The number of hydrogen-bond acceptors (Lipinski definition) is 4. The third-order valence-corrected chi connectivity index (χ3v) is 3.44. The molecular formula is C13H13NO3S. The molecule has 0 spiro atoms. The van der Waals surface area contributed by atoms with Crippen molar-refractivity contribution in [2.75, 3.05) is 0 Å². The molecular weight excluding hydrogens is 250 g/mol. The van der Waals surface area contributed by atoms with E-state index in [2.05, 4.69) is 4.98 Å². The van der Waals surface area contributed by atoms with E-state index in [4.69, 9.17) is 9.84 Å². The van der Waals surface area contributed by atoms with Crippen molar-refractivity contribution in [3.63, 3.8) is 0 Å². The summed E-state index contributed by atoms with van der Waals surface area (Å²) in [7, 11) is 0. The molecule has 1 N–H and O–H groups in total. The minimum atomic E-state index is -0.838. The van der Waals surface area contributed by atoms with Crippen molar-refractivity contribution in [2.24, 2.45) is 0 Å². The molecule has 5 heteroatoms. The summed E-state index contributed by atoms with van der Waals surface area (Å²) < 4.78 is 5.60. The van der Waals surface area contributed by atoms with Gasteiger partial charge in [0.1, 0.15) is 5.75 Å². The monoisotopic (exact) mass is 263 g/mol. The Balaban J connectivity index is 2.08. The number of carbonyl (C=O) groups is 1. The van der Waals surface area contributed by atoms with Gasteiger partial charge in [0.25, 0.3) is 5.19 Å². The van der Waals surface area contributed by atoms with Crippen LogP contribution in [0.4, 0.5) is 0 Å². The van der Waals surface area contributed by atoms with Gasteiger partial charge in [0, 0.05) is 4.88 Å². The fourth-order valence-electron chi connectivity index (χ4n) is 1.44. The van der Waals surface area contributed by atoms with Gasteiger partial charge in [-0.3, -0.25) is 4.79 Å². The number of carboxylic acids is 1. The molecule has 0 amide bonds. The highest BCUT2D eigenvalue weighted by atomic mass is 32.1. The molecule has 0 saturated heterocycles. The van der Waals surface area contributed by atoms with Gasteiger partial charge in [-0.1, -0.05) is 23.5 Å². The van der Waals surface area contributed by atoms with Crippen LogP contribution in [0.15, 0.2) is 24.3 Å². The lowest BCUT2D eigenvalue weighted by Gasteiger charge is -2.02. The number of benzene rings is 1. The van der Waals surface area contributed by atoms with E-state index in [1.165, 1.54) is 11.3 Å². The molecule has 0 saturated carbocycles.